The molecular weight excluding hydrogens is 457 g/mol. The van der Waals surface area contributed by atoms with Crippen molar-refractivity contribution >= 4 is 39.0 Å². The molecule has 0 bridgehead atoms. The van der Waals surface area contributed by atoms with Crippen LogP contribution in [0.4, 0.5) is 15.9 Å². The predicted molar refractivity (Wildman–Crippen MR) is 130 cm³/mol. The molecule has 0 saturated carbocycles. The number of aromatic nitrogens is 3. The number of pyridine rings is 1. The Morgan fingerprint density at radius 3 is 3.00 bits per heavy atom. The summed E-state index contributed by atoms with van der Waals surface area (Å²) in [7, 11) is 1.65. The van der Waals surface area contributed by atoms with Gasteiger partial charge in [0.15, 0.2) is 11.6 Å². The Morgan fingerprint density at radius 2 is 2.21 bits per heavy atom. The summed E-state index contributed by atoms with van der Waals surface area (Å²) in [6.07, 6.45) is 3.53. The number of rotatable bonds is 5. The molecule has 3 atom stereocenters. The van der Waals surface area contributed by atoms with E-state index in [9.17, 15) is 4.79 Å². The van der Waals surface area contributed by atoms with Crippen LogP contribution in [0.1, 0.15) is 33.2 Å². The van der Waals surface area contributed by atoms with Crippen molar-refractivity contribution in [3.8, 4) is 0 Å². The van der Waals surface area contributed by atoms with E-state index >= 15 is 4.39 Å². The topological polar surface area (TPSA) is 132 Å². The van der Waals surface area contributed by atoms with E-state index < -0.39 is 0 Å². The van der Waals surface area contributed by atoms with E-state index in [1.165, 1.54) is 11.3 Å². The maximum Gasteiger partial charge on any atom is 0.263 e. The number of nitrogen functional groups attached to an aromatic ring is 1. The van der Waals surface area contributed by atoms with Crippen molar-refractivity contribution in [2.45, 2.75) is 38.3 Å². The van der Waals surface area contributed by atoms with E-state index in [0.717, 1.165) is 11.3 Å². The number of carbonyl (C=O) groups excluding carboxylic acids is 1. The minimum atomic E-state index is -0.362. The molecule has 1 fully saturated rings. The quantitative estimate of drug-likeness (QED) is 0.499. The molecule has 1 saturated heterocycles. The second-order valence-electron chi connectivity index (χ2n) is 9.08. The first-order valence-corrected chi connectivity index (χ1v) is 12.2. The first-order valence-electron chi connectivity index (χ1n) is 11.3. The highest BCUT2D eigenvalue weighted by Crippen LogP contribution is 2.33. The maximum absolute atomic E-state index is 15.0. The highest BCUT2D eigenvalue weighted by Gasteiger charge is 2.33. The summed E-state index contributed by atoms with van der Waals surface area (Å²) < 4.78 is 20.3. The highest BCUT2D eigenvalue weighted by molar-refractivity contribution is 7.21. The number of halogens is 1. The van der Waals surface area contributed by atoms with Crippen LogP contribution in [-0.2, 0) is 17.6 Å². The van der Waals surface area contributed by atoms with Crippen LogP contribution in [0.2, 0.25) is 0 Å². The smallest absolute Gasteiger partial charge is 0.263 e. The molecule has 0 spiro atoms. The predicted octanol–water partition coefficient (Wildman–Crippen LogP) is 1.81. The molecule has 2 aliphatic rings. The largest absolute Gasteiger partial charge is 0.397 e. The van der Waals surface area contributed by atoms with Crippen LogP contribution in [-0.4, -0.2) is 59.7 Å². The van der Waals surface area contributed by atoms with Gasteiger partial charge in [-0.2, -0.15) is 0 Å². The van der Waals surface area contributed by atoms with Gasteiger partial charge in [-0.3, -0.25) is 4.79 Å². The number of fused-ring (bicyclic) bond motifs is 2. The lowest BCUT2D eigenvalue weighted by atomic mass is 9.91. The first-order chi connectivity index (χ1) is 16.3. The van der Waals surface area contributed by atoms with Crippen molar-refractivity contribution in [3.05, 3.63) is 40.0 Å². The number of nitrogens with zero attached hydrogens (tertiary/aromatic N) is 4. The molecule has 0 radical (unpaired) electrons. The third-order valence-corrected chi connectivity index (χ3v) is 7.76. The summed E-state index contributed by atoms with van der Waals surface area (Å²) in [4.78, 5) is 29.2. The van der Waals surface area contributed by atoms with Crippen LogP contribution in [0, 0.1) is 18.7 Å². The number of nitrogens with two attached hydrogens (primary N) is 2. The summed E-state index contributed by atoms with van der Waals surface area (Å²) in [5.74, 6) is 0.525. The Bertz CT molecular complexity index is 1250. The molecule has 3 aromatic rings. The van der Waals surface area contributed by atoms with Gasteiger partial charge in [0.25, 0.3) is 5.91 Å². The van der Waals surface area contributed by atoms with E-state index in [1.54, 1.807) is 26.3 Å². The van der Waals surface area contributed by atoms with Crippen LogP contribution >= 0.6 is 11.3 Å². The summed E-state index contributed by atoms with van der Waals surface area (Å²) in [5, 5.41) is 3.74. The van der Waals surface area contributed by atoms with Gasteiger partial charge in [0.1, 0.15) is 15.5 Å². The SMILES string of the molecule is COCC1CN(c2nc3c(cc2F)CC(NC(=O)c2sc4nc(C)ncc4c2N)CC3)CC1N. The Kier molecular flexibility index (Phi) is 6.09. The van der Waals surface area contributed by atoms with Gasteiger partial charge in [0.05, 0.1) is 17.7 Å². The van der Waals surface area contributed by atoms with Crippen LogP contribution in [0.25, 0.3) is 10.2 Å². The number of carbonyl (C=O) groups is 1. The van der Waals surface area contributed by atoms with Crippen LogP contribution < -0.4 is 21.7 Å². The zero-order chi connectivity index (χ0) is 24.0. The molecule has 1 aliphatic heterocycles. The number of methoxy groups -OCH3 is 1. The number of thiophene rings is 1. The lowest BCUT2D eigenvalue weighted by molar-refractivity contribution is 0.0938. The number of nitrogens with one attached hydrogen (secondary N) is 1. The van der Waals surface area contributed by atoms with Gasteiger partial charge in [-0.1, -0.05) is 0 Å². The molecule has 5 N–H and O–H groups in total. The molecule has 3 unspecified atom stereocenters. The van der Waals surface area contributed by atoms with Crippen molar-refractivity contribution in [1.29, 1.82) is 0 Å². The van der Waals surface area contributed by atoms with E-state index in [0.29, 0.717) is 71.4 Å². The van der Waals surface area contributed by atoms with Crippen LogP contribution in [0.3, 0.4) is 0 Å². The number of anilines is 2. The Labute approximate surface area is 200 Å². The fourth-order valence-electron chi connectivity index (χ4n) is 4.84. The zero-order valence-electron chi connectivity index (χ0n) is 19.2. The van der Waals surface area contributed by atoms with Crippen molar-refractivity contribution in [2.24, 2.45) is 11.7 Å². The molecule has 11 heteroatoms. The molecule has 5 rings (SSSR count). The van der Waals surface area contributed by atoms with Crippen molar-refractivity contribution in [1.82, 2.24) is 20.3 Å². The Balaban J connectivity index is 1.30. The average molecular weight is 486 g/mol. The van der Waals surface area contributed by atoms with Gasteiger partial charge in [0.2, 0.25) is 0 Å². The molecule has 0 aromatic carbocycles. The zero-order valence-corrected chi connectivity index (χ0v) is 20.0. The first kappa shape index (κ1) is 22.9. The summed E-state index contributed by atoms with van der Waals surface area (Å²) in [6.45, 7) is 3.51. The Morgan fingerprint density at radius 1 is 1.38 bits per heavy atom. The van der Waals surface area contributed by atoms with Gasteiger partial charge >= 0.3 is 0 Å². The fourth-order valence-corrected chi connectivity index (χ4v) is 5.85. The molecule has 180 valence electrons. The van der Waals surface area contributed by atoms with Gasteiger partial charge in [0, 0.05) is 50.1 Å². The third-order valence-electron chi connectivity index (χ3n) is 6.64. The monoisotopic (exact) mass is 485 g/mol. The molecule has 34 heavy (non-hydrogen) atoms. The van der Waals surface area contributed by atoms with E-state index in [1.807, 2.05) is 4.90 Å². The van der Waals surface area contributed by atoms with Crippen molar-refractivity contribution < 1.29 is 13.9 Å². The molecule has 4 heterocycles. The van der Waals surface area contributed by atoms with E-state index in [2.05, 4.69) is 20.3 Å². The normalized spacial score (nSPS) is 22.2. The summed E-state index contributed by atoms with van der Waals surface area (Å²) in [5.41, 5.74) is 14.5. The minimum absolute atomic E-state index is 0.0759. The van der Waals surface area contributed by atoms with Crippen molar-refractivity contribution in [3.63, 3.8) is 0 Å². The average Bonchev–Trinajstić information content (AvgIpc) is 3.32. The number of hydrogen-bond donors (Lipinski definition) is 3. The van der Waals surface area contributed by atoms with Crippen molar-refractivity contribution in [2.75, 3.05) is 37.4 Å². The Hall–Kier alpha value is -2.89. The fraction of sp³-hybridized carbons (Fsp3) is 0.478. The number of hydrogen-bond acceptors (Lipinski definition) is 9. The summed E-state index contributed by atoms with van der Waals surface area (Å²) in [6, 6.07) is 1.35. The van der Waals surface area contributed by atoms with Gasteiger partial charge in [-0.25, -0.2) is 19.3 Å². The minimum Gasteiger partial charge on any atom is -0.397 e. The molecule has 1 amide bonds. The van der Waals surface area contributed by atoms with E-state index in [4.69, 9.17) is 16.2 Å². The molecule has 1 aliphatic carbocycles. The highest BCUT2D eigenvalue weighted by atomic mass is 32.1. The number of amides is 1. The second-order valence-corrected chi connectivity index (χ2v) is 10.1. The lowest BCUT2D eigenvalue weighted by Crippen LogP contribution is -2.39. The maximum atomic E-state index is 15.0. The second kappa shape index (κ2) is 9.05. The standard InChI is InChI=1S/C23H28FN7O2S/c1-11-27-7-15-19(26)20(34-23(15)28-11)22(32)29-14-3-4-18-12(5-14)6-16(24)21(30-18)31-8-13(10-33-2)17(25)9-31/h6-7,13-14,17H,3-5,8-10,25-26H2,1-2H3,(H,29,32). The summed E-state index contributed by atoms with van der Waals surface area (Å²) >= 11 is 1.26. The lowest BCUT2D eigenvalue weighted by Gasteiger charge is -2.27. The van der Waals surface area contributed by atoms with E-state index in [-0.39, 0.29) is 29.7 Å². The van der Waals surface area contributed by atoms with Gasteiger partial charge < -0.3 is 26.4 Å². The third kappa shape index (κ3) is 4.19. The van der Waals surface area contributed by atoms with Crippen LogP contribution in [0.5, 0.6) is 0 Å². The van der Waals surface area contributed by atoms with Crippen LogP contribution in [0.15, 0.2) is 12.3 Å². The molecule has 3 aromatic heterocycles. The van der Waals surface area contributed by atoms with Gasteiger partial charge in [-0.15, -0.1) is 11.3 Å². The molecule has 9 nitrogen and oxygen atoms in total. The number of ether oxygens (including phenoxy) is 1. The number of aryl methyl sites for hydroxylation is 2. The van der Waals surface area contributed by atoms with Gasteiger partial charge in [-0.05, 0) is 37.8 Å². The molecular formula is C23H28FN7O2S.